The van der Waals surface area contributed by atoms with Crippen LogP contribution in [0.25, 0.3) is 6.08 Å². The maximum Gasteiger partial charge on any atom is 0.161 e. The van der Waals surface area contributed by atoms with Crippen molar-refractivity contribution < 1.29 is 9.47 Å². The first-order valence-corrected chi connectivity index (χ1v) is 5.69. The van der Waals surface area contributed by atoms with Crippen molar-refractivity contribution in [3.63, 3.8) is 0 Å². The first-order chi connectivity index (χ1) is 8.08. The second-order valence-electron chi connectivity index (χ2n) is 4.59. The molecule has 3 heteroatoms. The summed E-state index contributed by atoms with van der Waals surface area (Å²) in [4.78, 5) is 2.21. The highest BCUT2D eigenvalue weighted by atomic mass is 16.5. The third kappa shape index (κ3) is 1.91. The fourth-order valence-electron chi connectivity index (χ4n) is 2.53. The predicted molar refractivity (Wildman–Crippen MR) is 69.6 cm³/mol. The van der Waals surface area contributed by atoms with Gasteiger partial charge in [0.25, 0.3) is 0 Å². The zero-order valence-corrected chi connectivity index (χ0v) is 11.1. The van der Waals surface area contributed by atoms with Gasteiger partial charge in [-0.05, 0) is 44.3 Å². The van der Waals surface area contributed by atoms with Crippen LogP contribution in [0.5, 0.6) is 11.5 Å². The lowest BCUT2D eigenvalue weighted by molar-refractivity contribution is 0.335. The summed E-state index contributed by atoms with van der Waals surface area (Å²) in [5.74, 6) is 1.58. The summed E-state index contributed by atoms with van der Waals surface area (Å²) in [7, 11) is 7.52. The van der Waals surface area contributed by atoms with Crippen LogP contribution in [-0.4, -0.2) is 33.2 Å². The van der Waals surface area contributed by atoms with E-state index in [4.69, 9.17) is 9.47 Å². The summed E-state index contributed by atoms with van der Waals surface area (Å²) in [5.41, 5.74) is 3.85. The van der Waals surface area contributed by atoms with Crippen molar-refractivity contribution in [3.05, 3.63) is 28.8 Å². The highest BCUT2D eigenvalue weighted by Gasteiger charge is 2.26. The van der Waals surface area contributed by atoms with Gasteiger partial charge in [0, 0.05) is 0 Å². The Bertz CT molecular complexity index is 464. The fraction of sp³-hybridized carbons (Fsp3) is 0.429. The molecule has 0 radical (unpaired) electrons. The molecular weight excluding hydrogens is 214 g/mol. The van der Waals surface area contributed by atoms with Crippen LogP contribution in [0.1, 0.15) is 24.1 Å². The number of fused-ring (bicyclic) bond motifs is 1. The summed E-state index contributed by atoms with van der Waals surface area (Å²) in [6.45, 7) is 2.16. The largest absolute Gasteiger partial charge is 0.493 e. The third-order valence-corrected chi connectivity index (χ3v) is 3.21. The van der Waals surface area contributed by atoms with Crippen molar-refractivity contribution in [3.8, 4) is 11.5 Å². The van der Waals surface area contributed by atoms with E-state index in [9.17, 15) is 0 Å². The van der Waals surface area contributed by atoms with E-state index in [1.807, 2.05) is 6.07 Å². The van der Waals surface area contributed by atoms with Gasteiger partial charge in [0.05, 0.1) is 20.3 Å². The van der Waals surface area contributed by atoms with Gasteiger partial charge < -0.3 is 9.47 Å². The molecule has 0 N–H and O–H groups in total. The summed E-state index contributed by atoms with van der Waals surface area (Å²) in [6, 6.07) is 4.46. The average Bonchev–Trinajstić information content (AvgIpc) is 2.61. The van der Waals surface area contributed by atoms with E-state index in [1.165, 1.54) is 16.7 Å². The van der Waals surface area contributed by atoms with E-state index < -0.39 is 0 Å². The molecule has 17 heavy (non-hydrogen) atoms. The first-order valence-electron chi connectivity index (χ1n) is 5.69. The molecule has 0 saturated heterocycles. The number of benzene rings is 1. The SMILES string of the molecule is COc1cc2c(cc1OC)C(N(C)C)C(C)=C2. The van der Waals surface area contributed by atoms with Gasteiger partial charge >= 0.3 is 0 Å². The Kier molecular flexibility index (Phi) is 3.11. The summed E-state index contributed by atoms with van der Waals surface area (Å²) in [5, 5.41) is 0. The molecule has 1 atom stereocenters. The number of hydrogen-bond acceptors (Lipinski definition) is 3. The number of rotatable bonds is 3. The van der Waals surface area contributed by atoms with Crippen LogP contribution in [0, 0.1) is 0 Å². The van der Waals surface area contributed by atoms with Crippen molar-refractivity contribution >= 4 is 6.08 Å². The van der Waals surface area contributed by atoms with Gasteiger partial charge in [0.2, 0.25) is 0 Å². The van der Waals surface area contributed by atoms with Crippen molar-refractivity contribution in [2.75, 3.05) is 28.3 Å². The Balaban J connectivity index is 2.53. The van der Waals surface area contributed by atoms with Crippen molar-refractivity contribution in [2.45, 2.75) is 13.0 Å². The highest BCUT2D eigenvalue weighted by Crippen LogP contribution is 2.42. The summed E-state index contributed by atoms with van der Waals surface area (Å²) >= 11 is 0. The molecule has 0 aromatic heterocycles. The molecule has 1 aliphatic carbocycles. The topological polar surface area (TPSA) is 21.7 Å². The van der Waals surface area contributed by atoms with E-state index in [0.717, 1.165) is 11.5 Å². The number of hydrogen-bond donors (Lipinski definition) is 0. The predicted octanol–water partition coefficient (Wildman–Crippen LogP) is 2.72. The molecule has 92 valence electrons. The number of methoxy groups -OCH3 is 2. The molecule has 0 fully saturated rings. The van der Waals surface area contributed by atoms with E-state index in [0.29, 0.717) is 6.04 Å². The van der Waals surface area contributed by atoms with Crippen LogP contribution in [-0.2, 0) is 0 Å². The van der Waals surface area contributed by atoms with Gasteiger partial charge in [-0.3, -0.25) is 4.90 Å². The standard InChI is InChI=1S/C14H19NO2/c1-9-6-10-7-12(16-4)13(17-5)8-11(10)14(9)15(2)3/h6-8,14H,1-5H3. The van der Waals surface area contributed by atoms with Gasteiger partial charge in [-0.15, -0.1) is 0 Å². The Labute approximate surface area is 103 Å². The molecule has 0 bridgehead atoms. The fourth-order valence-corrected chi connectivity index (χ4v) is 2.53. The molecule has 0 spiro atoms. The number of nitrogens with zero attached hydrogens (tertiary/aromatic N) is 1. The molecular formula is C14H19NO2. The minimum Gasteiger partial charge on any atom is -0.493 e. The lowest BCUT2D eigenvalue weighted by atomic mass is 10.0. The Morgan fingerprint density at radius 1 is 1.06 bits per heavy atom. The molecule has 3 nitrogen and oxygen atoms in total. The Morgan fingerprint density at radius 3 is 2.18 bits per heavy atom. The molecule has 0 amide bonds. The van der Waals surface area contributed by atoms with Crippen molar-refractivity contribution in [1.82, 2.24) is 4.90 Å². The van der Waals surface area contributed by atoms with Gasteiger partial charge in [-0.1, -0.05) is 11.6 Å². The minimum atomic E-state index is 0.338. The maximum absolute atomic E-state index is 5.36. The summed E-state index contributed by atoms with van der Waals surface area (Å²) < 4.78 is 10.7. The third-order valence-electron chi connectivity index (χ3n) is 3.21. The maximum atomic E-state index is 5.36. The van der Waals surface area contributed by atoms with E-state index in [1.54, 1.807) is 14.2 Å². The minimum absolute atomic E-state index is 0.338. The van der Waals surface area contributed by atoms with Crippen molar-refractivity contribution in [1.29, 1.82) is 0 Å². The molecule has 1 aromatic rings. The molecule has 0 saturated carbocycles. The zero-order chi connectivity index (χ0) is 12.6. The Morgan fingerprint density at radius 2 is 1.65 bits per heavy atom. The van der Waals surface area contributed by atoms with Gasteiger partial charge in [0.15, 0.2) is 11.5 Å². The zero-order valence-electron chi connectivity index (χ0n) is 11.1. The second-order valence-corrected chi connectivity index (χ2v) is 4.59. The first kappa shape index (κ1) is 12.0. The normalized spacial score (nSPS) is 18.0. The molecule has 0 heterocycles. The Hall–Kier alpha value is -1.48. The van der Waals surface area contributed by atoms with E-state index >= 15 is 0 Å². The van der Waals surface area contributed by atoms with Crippen molar-refractivity contribution in [2.24, 2.45) is 0 Å². The van der Waals surface area contributed by atoms with Crippen LogP contribution in [0.2, 0.25) is 0 Å². The highest BCUT2D eigenvalue weighted by molar-refractivity contribution is 5.69. The van der Waals surface area contributed by atoms with Crippen LogP contribution in [0.3, 0.4) is 0 Å². The molecule has 2 rings (SSSR count). The lowest BCUT2D eigenvalue weighted by Gasteiger charge is -2.23. The molecule has 1 aliphatic rings. The molecule has 1 unspecified atom stereocenters. The molecule has 1 aromatic carbocycles. The van der Waals surface area contributed by atoms with Gasteiger partial charge in [0.1, 0.15) is 0 Å². The quantitative estimate of drug-likeness (QED) is 0.801. The van der Waals surface area contributed by atoms with E-state index in [-0.39, 0.29) is 0 Å². The number of likely N-dealkylation sites (N-methyl/N-ethyl adjacent to an activating group) is 1. The summed E-state index contributed by atoms with van der Waals surface area (Å²) in [6.07, 6.45) is 2.21. The van der Waals surface area contributed by atoms with Crippen LogP contribution >= 0.6 is 0 Å². The average molecular weight is 233 g/mol. The number of ether oxygens (including phenoxy) is 2. The van der Waals surface area contributed by atoms with E-state index in [2.05, 4.69) is 38.1 Å². The smallest absolute Gasteiger partial charge is 0.161 e. The lowest BCUT2D eigenvalue weighted by Crippen LogP contribution is -2.19. The second kappa shape index (κ2) is 4.41. The monoisotopic (exact) mass is 233 g/mol. The van der Waals surface area contributed by atoms with Crippen LogP contribution in [0.15, 0.2) is 17.7 Å². The van der Waals surface area contributed by atoms with Gasteiger partial charge in [-0.2, -0.15) is 0 Å². The molecule has 0 aliphatic heterocycles. The van der Waals surface area contributed by atoms with Crippen LogP contribution < -0.4 is 9.47 Å². The van der Waals surface area contributed by atoms with Gasteiger partial charge in [-0.25, -0.2) is 0 Å². The van der Waals surface area contributed by atoms with Crippen LogP contribution in [0.4, 0.5) is 0 Å².